The summed E-state index contributed by atoms with van der Waals surface area (Å²) < 4.78 is 10.6. The molecule has 0 aromatic heterocycles. The molecule has 0 radical (unpaired) electrons. The Kier molecular flexibility index (Phi) is 6.37. The lowest BCUT2D eigenvalue weighted by Crippen LogP contribution is -1.96. The van der Waals surface area contributed by atoms with Crippen molar-refractivity contribution >= 4 is 0 Å². The molecule has 0 saturated heterocycles. The Morgan fingerprint density at radius 2 is 2.00 bits per heavy atom. The Balaban J connectivity index is 2.24. The van der Waals surface area contributed by atoms with Gasteiger partial charge < -0.3 is 14.6 Å². The average molecular weight is 236 g/mol. The molecule has 17 heavy (non-hydrogen) atoms. The van der Waals surface area contributed by atoms with E-state index in [0.29, 0.717) is 13.2 Å². The standard InChI is InChI=1S/C14H20O3/c1-12(7-9-15)8-10-17-11-13-3-5-14(16-2)6-4-13/h3-7,15H,8-11H2,1-2H3/b12-7-. The SMILES string of the molecule is COc1ccc(COCC/C(C)=C\CO)cc1. The molecule has 1 aromatic rings. The van der Waals surface area contributed by atoms with Crippen LogP contribution in [-0.2, 0) is 11.3 Å². The Hall–Kier alpha value is -1.32. The number of rotatable bonds is 7. The fourth-order valence-corrected chi connectivity index (χ4v) is 1.40. The molecule has 1 N–H and O–H groups in total. The molecule has 0 heterocycles. The van der Waals surface area contributed by atoms with E-state index in [4.69, 9.17) is 14.6 Å². The van der Waals surface area contributed by atoms with Gasteiger partial charge in [-0.2, -0.15) is 0 Å². The molecule has 0 aliphatic rings. The number of benzene rings is 1. The third-order valence-electron chi connectivity index (χ3n) is 2.51. The van der Waals surface area contributed by atoms with Crippen LogP contribution in [-0.4, -0.2) is 25.4 Å². The van der Waals surface area contributed by atoms with E-state index in [2.05, 4.69) is 0 Å². The highest BCUT2D eigenvalue weighted by Crippen LogP contribution is 2.12. The zero-order valence-corrected chi connectivity index (χ0v) is 10.5. The maximum Gasteiger partial charge on any atom is 0.118 e. The van der Waals surface area contributed by atoms with Crippen LogP contribution in [0.5, 0.6) is 5.75 Å². The number of hydrogen-bond acceptors (Lipinski definition) is 3. The van der Waals surface area contributed by atoms with Gasteiger partial charge in [0.05, 0.1) is 26.9 Å². The first kappa shape index (κ1) is 13.7. The molecule has 3 nitrogen and oxygen atoms in total. The van der Waals surface area contributed by atoms with Crippen LogP contribution in [0.15, 0.2) is 35.9 Å². The normalized spacial score (nSPS) is 11.6. The first-order chi connectivity index (χ1) is 8.26. The van der Waals surface area contributed by atoms with Gasteiger partial charge in [-0.25, -0.2) is 0 Å². The fraction of sp³-hybridized carbons (Fsp3) is 0.429. The summed E-state index contributed by atoms with van der Waals surface area (Å²) in [6.45, 7) is 3.38. The van der Waals surface area contributed by atoms with Gasteiger partial charge in [0, 0.05) is 0 Å². The van der Waals surface area contributed by atoms with Gasteiger partial charge in [0.15, 0.2) is 0 Å². The van der Waals surface area contributed by atoms with Gasteiger partial charge in [0.25, 0.3) is 0 Å². The number of aliphatic hydroxyl groups excluding tert-OH is 1. The predicted molar refractivity (Wildman–Crippen MR) is 68.1 cm³/mol. The van der Waals surface area contributed by atoms with E-state index >= 15 is 0 Å². The van der Waals surface area contributed by atoms with Crippen molar-refractivity contribution in [2.24, 2.45) is 0 Å². The minimum absolute atomic E-state index is 0.102. The minimum atomic E-state index is 0.102. The van der Waals surface area contributed by atoms with E-state index in [0.717, 1.165) is 23.3 Å². The molecular formula is C14H20O3. The highest BCUT2D eigenvalue weighted by Gasteiger charge is 1.95. The van der Waals surface area contributed by atoms with E-state index < -0.39 is 0 Å². The summed E-state index contributed by atoms with van der Waals surface area (Å²) in [5.74, 6) is 0.857. The van der Waals surface area contributed by atoms with Crippen molar-refractivity contribution in [3.8, 4) is 5.75 Å². The zero-order valence-electron chi connectivity index (χ0n) is 10.5. The Morgan fingerprint density at radius 3 is 2.59 bits per heavy atom. The second-order valence-electron chi connectivity index (χ2n) is 3.88. The third kappa shape index (κ3) is 5.52. The zero-order chi connectivity index (χ0) is 12.5. The summed E-state index contributed by atoms with van der Waals surface area (Å²) in [6, 6.07) is 7.84. The molecule has 1 aromatic carbocycles. The largest absolute Gasteiger partial charge is 0.497 e. The van der Waals surface area contributed by atoms with Crippen molar-refractivity contribution in [2.45, 2.75) is 20.0 Å². The summed E-state index contributed by atoms with van der Waals surface area (Å²) >= 11 is 0. The van der Waals surface area contributed by atoms with E-state index in [1.54, 1.807) is 13.2 Å². The number of hydrogen-bond donors (Lipinski definition) is 1. The third-order valence-corrected chi connectivity index (χ3v) is 2.51. The average Bonchev–Trinajstić information content (AvgIpc) is 2.36. The second-order valence-corrected chi connectivity index (χ2v) is 3.88. The molecule has 0 spiro atoms. The summed E-state index contributed by atoms with van der Waals surface area (Å²) in [5.41, 5.74) is 2.29. The highest BCUT2D eigenvalue weighted by molar-refractivity contribution is 5.26. The second kappa shape index (κ2) is 7.87. The van der Waals surface area contributed by atoms with Gasteiger partial charge in [0.2, 0.25) is 0 Å². The van der Waals surface area contributed by atoms with Crippen LogP contribution in [0.2, 0.25) is 0 Å². The Labute approximate surface area is 103 Å². The van der Waals surface area contributed by atoms with Gasteiger partial charge in [-0.15, -0.1) is 0 Å². The molecule has 0 unspecified atom stereocenters. The quantitative estimate of drug-likeness (QED) is 0.584. The van der Waals surface area contributed by atoms with Crippen molar-refractivity contribution in [2.75, 3.05) is 20.3 Å². The van der Waals surface area contributed by atoms with Gasteiger partial charge in [-0.3, -0.25) is 0 Å². The van der Waals surface area contributed by atoms with Gasteiger partial charge in [-0.05, 0) is 31.0 Å². The summed E-state index contributed by atoms with van der Waals surface area (Å²) in [7, 11) is 1.65. The smallest absolute Gasteiger partial charge is 0.118 e. The molecule has 1 rings (SSSR count). The monoisotopic (exact) mass is 236 g/mol. The number of methoxy groups -OCH3 is 1. The summed E-state index contributed by atoms with van der Waals surface area (Å²) in [6.07, 6.45) is 2.66. The molecule has 0 aliphatic heterocycles. The number of aliphatic hydroxyl groups is 1. The van der Waals surface area contributed by atoms with Crippen LogP contribution in [0.25, 0.3) is 0 Å². The molecule has 0 bridgehead atoms. The van der Waals surface area contributed by atoms with Crippen LogP contribution < -0.4 is 4.74 Å². The van der Waals surface area contributed by atoms with Crippen molar-refractivity contribution < 1.29 is 14.6 Å². The Morgan fingerprint density at radius 1 is 1.29 bits per heavy atom. The fourth-order valence-electron chi connectivity index (χ4n) is 1.40. The van der Waals surface area contributed by atoms with Crippen LogP contribution in [0.3, 0.4) is 0 Å². The van der Waals surface area contributed by atoms with Crippen LogP contribution in [0.1, 0.15) is 18.9 Å². The molecule has 94 valence electrons. The lowest BCUT2D eigenvalue weighted by atomic mass is 10.2. The summed E-state index contributed by atoms with van der Waals surface area (Å²) in [5, 5.41) is 8.69. The maximum atomic E-state index is 8.69. The molecule has 0 fully saturated rings. The molecular weight excluding hydrogens is 216 g/mol. The van der Waals surface area contributed by atoms with Crippen LogP contribution in [0.4, 0.5) is 0 Å². The molecule has 0 atom stereocenters. The van der Waals surface area contributed by atoms with E-state index in [-0.39, 0.29) is 6.61 Å². The summed E-state index contributed by atoms with van der Waals surface area (Å²) in [4.78, 5) is 0. The van der Waals surface area contributed by atoms with Crippen LogP contribution >= 0.6 is 0 Å². The van der Waals surface area contributed by atoms with Crippen LogP contribution in [0, 0.1) is 0 Å². The predicted octanol–water partition coefficient (Wildman–Crippen LogP) is 2.54. The lowest BCUT2D eigenvalue weighted by molar-refractivity contribution is 0.123. The minimum Gasteiger partial charge on any atom is -0.497 e. The molecule has 3 heteroatoms. The maximum absolute atomic E-state index is 8.69. The number of ether oxygens (including phenoxy) is 2. The highest BCUT2D eigenvalue weighted by atomic mass is 16.5. The first-order valence-corrected chi connectivity index (χ1v) is 5.73. The van der Waals surface area contributed by atoms with E-state index in [1.165, 1.54) is 0 Å². The van der Waals surface area contributed by atoms with Crippen molar-refractivity contribution in [1.82, 2.24) is 0 Å². The van der Waals surface area contributed by atoms with Crippen molar-refractivity contribution in [1.29, 1.82) is 0 Å². The molecule has 0 saturated carbocycles. The topological polar surface area (TPSA) is 38.7 Å². The molecule has 0 aliphatic carbocycles. The molecule has 0 amide bonds. The van der Waals surface area contributed by atoms with Gasteiger partial charge >= 0.3 is 0 Å². The Bertz CT molecular complexity index is 341. The first-order valence-electron chi connectivity index (χ1n) is 5.73. The lowest BCUT2D eigenvalue weighted by Gasteiger charge is -2.05. The van der Waals surface area contributed by atoms with Gasteiger partial charge in [-0.1, -0.05) is 23.8 Å². The van der Waals surface area contributed by atoms with E-state index in [1.807, 2.05) is 31.2 Å². The van der Waals surface area contributed by atoms with E-state index in [9.17, 15) is 0 Å². The van der Waals surface area contributed by atoms with Crippen molar-refractivity contribution in [3.63, 3.8) is 0 Å². The van der Waals surface area contributed by atoms with Crippen molar-refractivity contribution in [3.05, 3.63) is 41.5 Å². The van der Waals surface area contributed by atoms with Gasteiger partial charge in [0.1, 0.15) is 5.75 Å².